The molecule has 1 aromatic carbocycles. The number of nitrogens with two attached hydrogens (primary N) is 1. The summed E-state index contributed by atoms with van der Waals surface area (Å²) in [6.07, 6.45) is 0. The van der Waals surface area contributed by atoms with Crippen molar-refractivity contribution >= 4 is 47.5 Å². The minimum absolute atomic E-state index is 0. The number of oxazole rings is 1. The summed E-state index contributed by atoms with van der Waals surface area (Å²) in [5.74, 6) is 0.400. The number of nitrogens with one attached hydrogen (secondary N) is 1. The molecule has 2 aromatic rings. The lowest BCUT2D eigenvalue weighted by molar-refractivity contribution is -0.119. The van der Waals surface area contributed by atoms with E-state index in [1.54, 1.807) is 25.1 Å². The molecule has 21 heavy (non-hydrogen) atoms. The lowest BCUT2D eigenvalue weighted by atomic mass is 9.87. The maximum absolute atomic E-state index is 12.0. The summed E-state index contributed by atoms with van der Waals surface area (Å²) in [6.45, 7) is 7.58. The van der Waals surface area contributed by atoms with Crippen molar-refractivity contribution in [3.8, 4) is 0 Å². The summed E-state index contributed by atoms with van der Waals surface area (Å²) in [4.78, 5) is 16.2. The molecule has 0 saturated carbocycles. The second-order valence-corrected chi connectivity index (χ2v) is 5.75. The summed E-state index contributed by atoms with van der Waals surface area (Å²) in [5.41, 5.74) is 7.73. The van der Waals surface area contributed by atoms with E-state index in [0.717, 1.165) is 5.52 Å². The van der Waals surface area contributed by atoms with Crippen LogP contribution in [0.15, 0.2) is 22.6 Å². The molecule has 1 atom stereocenters. The Kier molecular flexibility index (Phi) is 6.67. The molecule has 1 amide bonds. The Hall–Kier alpha value is -1.30. The molecule has 0 radical (unpaired) electrons. The molecule has 1 aromatic heterocycles. The molecule has 0 aliphatic rings. The van der Waals surface area contributed by atoms with Crippen molar-refractivity contribution in [3.05, 3.63) is 24.1 Å². The maximum atomic E-state index is 12.0. The third-order valence-corrected chi connectivity index (χ3v) is 2.98. The van der Waals surface area contributed by atoms with Gasteiger partial charge in [-0.25, -0.2) is 4.98 Å². The highest BCUT2D eigenvalue weighted by Gasteiger charge is 2.27. The van der Waals surface area contributed by atoms with Gasteiger partial charge in [-0.05, 0) is 23.6 Å². The molecule has 0 unspecified atom stereocenters. The van der Waals surface area contributed by atoms with Crippen LogP contribution in [0.25, 0.3) is 11.1 Å². The number of amides is 1. The number of rotatable bonds is 2. The van der Waals surface area contributed by atoms with Crippen LogP contribution in [0, 0.1) is 12.3 Å². The van der Waals surface area contributed by atoms with E-state index in [-0.39, 0.29) is 36.1 Å². The average Bonchev–Trinajstić information content (AvgIpc) is 2.66. The third-order valence-electron chi connectivity index (χ3n) is 2.98. The normalized spacial score (nSPS) is 12.2. The molecule has 0 aliphatic heterocycles. The molecular weight excluding hydrogens is 313 g/mol. The molecule has 3 N–H and O–H groups in total. The van der Waals surface area contributed by atoms with E-state index in [1.807, 2.05) is 20.8 Å². The van der Waals surface area contributed by atoms with Crippen LogP contribution in [0.4, 0.5) is 5.69 Å². The average molecular weight is 334 g/mol. The molecule has 118 valence electrons. The first-order valence-corrected chi connectivity index (χ1v) is 6.21. The van der Waals surface area contributed by atoms with Crippen LogP contribution in [-0.4, -0.2) is 16.9 Å². The summed E-state index contributed by atoms with van der Waals surface area (Å²) < 4.78 is 5.38. The molecule has 0 saturated heterocycles. The first-order valence-electron chi connectivity index (χ1n) is 6.21. The number of anilines is 1. The Morgan fingerprint density at radius 1 is 1.33 bits per heavy atom. The quantitative estimate of drug-likeness (QED) is 0.883. The minimum Gasteiger partial charge on any atom is -0.441 e. The van der Waals surface area contributed by atoms with Gasteiger partial charge in [-0.15, -0.1) is 24.8 Å². The van der Waals surface area contributed by atoms with Crippen molar-refractivity contribution in [2.45, 2.75) is 33.7 Å². The Bertz CT molecular complexity index is 620. The number of nitrogens with zero attached hydrogens (tertiary/aromatic N) is 1. The Morgan fingerprint density at radius 3 is 2.52 bits per heavy atom. The van der Waals surface area contributed by atoms with Gasteiger partial charge in [0.25, 0.3) is 0 Å². The van der Waals surface area contributed by atoms with Gasteiger partial charge in [0, 0.05) is 12.6 Å². The zero-order chi connectivity index (χ0) is 14.2. The van der Waals surface area contributed by atoms with Crippen molar-refractivity contribution in [1.82, 2.24) is 4.98 Å². The van der Waals surface area contributed by atoms with Crippen LogP contribution in [0.3, 0.4) is 0 Å². The van der Waals surface area contributed by atoms with Crippen LogP contribution in [-0.2, 0) is 4.79 Å². The molecule has 7 heteroatoms. The van der Waals surface area contributed by atoms with E-state index in [4.69, 9.17) is 10.2 Å². The predicted molar refractivity (Wildman–Crippen MR) is 89.3 cm³/mol. The van der Waals surface area contributed by atoms with Gasteiger partial charge in [0.05, 0.1) is 6.04 Å². The minimum atomic E-state index is -0.567. The molecule has 1 heterocycles. The number of fused-ring (bicyclic) bond motifs is 1. The number of hydrogen-bond acceptors (Lipinski definition) is 4. The Balaban J connectivity index is 0.00000200. The van der Waals surface area contributed by atoms with E-state index >= 15 is 0 Å². The van der Waals surface area contributed by atoms with Gasteiger partial charge in [-0.2, -0.15) is 0 Å². The lowest BCUT2D eigenvalue weighted by Crippen LogP contribution is -2.45. The van der Waals surface area contributed by atoms with Crippen LogP contribution in [0.2, 0.25) is 0 Å². The van der Waals surface area contributed by atoms with Crippen molar-refractivity contribution in [1.29, 1.82) is 0 Å². The number of benzene rings is 1. The van der Waals surface area contributed by atoms with Gasteiger partial charge in [0.2, 0.25) is 5.91 Å². The maximum Gasteiger partial charge on any atom is 0.241 e. The van der Waals surface area contributed by atoms with Crippen LogP contribution < -0.4 is 11.1 Å². The van der Waals surface area contributed by atoms with Gasteiger partial charge in [-0.3, -0.25) is 4.79 Å². The van der Waals surface area contributed by atoms with Crippen LogP contribution in [0.5, 0.6) is 0 Å². The fourth-order valence-electron chi connectivity index (χ4n) is 1.73. The standard InChI is InChI=1S/C14H19N3O2.2ClH/c1-8-16-10-7-9(5-6-11(10)19-8)17-13(18)12(15)14(2,3)4;;/h5-7,12H,15H2,1-4H3,(H,17,18);2*1H/t12-;;/m1../s1. The predicted octanol–water partition coefficient (Wildman–Crippen LogP) is 3.29. The molecule has 0 spiro atoms. The topological polar surface area (TPSA) is 81.2 Å². The van der Waals surface area contributed by atoms with E-state index in [1.165, 1.54) is 0 Å². The highest BCUT2D eigenvalue weighted by atomic mass is 35.5. The number of hydrogen-bond donors (Lipinski definition) is 2. The van der Waals surface area contributed by atoms with Gasteiger partial charge < -0.3 is 15.5 Å². The van der Waals surface area contributed by atoms with Crippen molar-refractivity contribution in [2.75, 3.05) is 5.32 Å². The number of carbonyl (C=O) groups excluding carboxylic acids is 1. The van der Waals surface area contributed by atoms with Crippen LogP contribution >= 0.6 is 24.8 Å². The molecule has 0 aliphatic carbocycles. The highest BCUT2D eigenvalue weighted by molar-refractivity contribution is 5.96. The monoisotopic (exact) mass is 333 g/mol. The number of aromatic nitrogens is 1. The SMILES string of the molecule is Cc1nc2cc(NC(=O)[C@@H](N)C(C)(C)C)ccc2o1.Cl.Cl. The number of halogens is 2. The molecular formula is C14H21Cl2N3O2. The zero-order valence-electron chi connectivity index (χ0n) is 12.5. The molecule has 0 fully saturated rings. The summed E-state index contributed by atoms with van der Waals surface area (Å²) in [7, 11) is 0. The summed E-state index contributed by atoms with van der Waals surface area (Å²) in [5, 5.41) is 2.80. The van der Waals surface area contributed by atoms with E-state index in [0.29, 0.717) is 17.2 Å². The van der Waals surface area contributed by atoms with Crippen LogP contribution in [0.1, 0.15) is 26.7 Å². The first kappa shape index (κ1) is 19.7. The van der Waals surface area contributed by atoms with Gasteiger partial charge >= 0.3 is 0 Å². The molecule has 0 bridgehead atoms. The number of aryl methyl sites for hydroxylation is 1. The molecule has 5 nitrogen and oxygen atoms in total. The lowest BCUT2D eigenvalue weighted by Gasteiger charge is -2.25. The van der Waals surface area contributed by atoms with Gasteiger partial charge in [-0.1, -0.05) is 20.8 Å². The smallest absolute Gasteiger partial charge is 0.241 e. The zero-order valence-corrected chi connectivity index (χ0v) is 14.1. The first-order chi connectivity index (χ1) is 8.77. The second kappa shape index (κ2) is 7.11. The fraction of sp³-hybridized carbons (Fsp3) is 0.429. The number of carbonyl (C=O) groups is 1. The van der Waals surface area contributed by atoms with Gasteiger partial charge in [0.1, 0.15) is 5.52 Å². The van der Waals surface area contributed by atoms with E-state index < -0.39 is 6.04 Å². The Morgan fingerprint density at radius 2 is 1.95 bits per heavy atom. The van der Waals surface area contributed by atoms with Gasteiger partial charge in [0.15, 0.2) is 11.5 Å². The summed E-state index contributed by atoms with van der Waals surface area (Å²) in [6, 6.07) is 4.77. The van der Waals surface area contributed by atoms with Crippen molar-refractivity contribution < 1.29 is 9.21 Å². The largest absolute Gasteiger partial charge is 0.441 e. The fourth-order valence-corrected chi connectivity index (χ4v) is 1.73. The van der Waals surface area contributed by atoms with E-state index in [2.05, 4.69) is 10.3 Å². The van der Waals surface area contributed by atoms with Crippen molar-refractivity contribution in [2.24, 2.45) is 11.1 Å². The molecule has 2 rings (SSSR count). The Labute approximate surface area is 136 Å². The summed E-state index contributed by atoms with van der Waals surface area (Å²) >= 11 is 0. The third kappa shape index (κ3) is 4.59. The second-order valence-electron chi connectivity index (χ2n) is 5.75. The van der Waals surface area contributed by atoms with Crippen molar-refractivity contribution in [3.63, 3.8) is 0 Å². The van der Waals surface area contributed by atoms with E-state index in [9.17, 15) is 4.79 Å². The highest BCUT2D eigenvalue weighted by Crippen LogP contribution is 2.22.